The van der Waals surface area contributed by atoms with E-state index in [0.717, 1.165) is 0 Å². The van der Waals surface area contributed by atoms with Gasteiger partial charge in [-0.15, -0.1) is 0 Å². The number of carbonyl (C=O) groups excluding carboxylic acids is 2. The monoisotopic (exact) mass is 395 g/mol. The van der Waals surface area contributed by atoms with Crippen molar-refractivity contribution in [1.82, 2.24) is 14.9 Å². The minimum atomic E-state index is -0.545. The van der Waals surface area contributed by atoms with E-state index in [1.807, 2.05) is 7.05 Å². The number of amides is 1. The molecule has 0 spiro atoms. The number of nitrogens with zero attached hydrogens (tertiary/aromatic N) is 2. The maximum atomic E-state index is 13.3. The summed E-state index contributed by atoms with van der Waals surface area (Å²) in [5.74, 6) is 0.449. The average molecular weight is 395 g/mol. The van der Waals surface area contributed by atoms with Crippen LogP contribution in [0.15, 0.2) is 60.9 Å². The van der Waals surface area contributed by atoms with Crippen LogP contribution >= 0.6 is 0 Å². The topological polar surface area (TPSA) is 73.2 Å². The number of ether oxygens (including phenoxy) is 1. The Morgan fingerprint density at radius 3 is 2.41 bits per heavy atom. The Kier molecular flexibility index (Phi) is 6.39. The number of hydrogen-bond acceptors (Lipinski definition) is 4. The number of Topliss-reactive ketones (excluding diaryl/α,β-unsaturated/α-hetero) is 1. The number of aryl methyl sites for hydroxylation is 1. The molecule has 150 valence electrons. The molecule has 0 bridgehead atoms. The summed E-state index contributed by atoms with van der Waals surface area (Å²) in [6, 6.07) is 12.0. The van der Waals surface area contributed by atoms with Crippen LogP contribution in [0.3, 0.4) is 0 Å². The van der Waals surface area contributed by atoms with Crippen molar-refractivity contribution in [1.29, 1.82) is 0 Å². The zero-order chi connectivity index (χ0) is 20.8. The highest BCUT2D eigenvalue weighted by atomic mass is 19.1. The number of nitrogens with one attached hydrogen (secondary N) is 1. The molecule has 7 heteroatoms. The number of hydrogen-bond donors (Lipinski definition) is 1. The fraction of sp³-hybridized carbons (Fsp3) is 0.227. The first-order valence-electron chi connectivity index (χ1n) is 9.26. The molecule has 0 aliphatic heterocycles. The van der Waals surface area contributed by atoms with Crippen LogP contribution in [0.5, 0.6) is 5.75 Å². The number of rotatable bonds is 8. The second-order valence-corrected chi connectivity index (χ2v) is 6.54. The lowest BCUT2D eigenvalue weighted by atomic mass is 10.1. The summed E-state index contributed by atoms with van der Waals surface area (Å²) in [7, 11) is 1.82. The normalized spacial score (nSPS) is 11.7. The molecule has 0 saturated carbocycles. The maximum Gasteiger partial charge on any atom is 0.258 e. The molecule has 2 aromatic carbocycles. The molecule has 1 unspecified atom stereocenters. The molecular formula is C22H22FN3O3. The van der Waals surface area contributed by atoms with Gasteiger partial charge in [-0.25, -0.2) is 9.37 Å². The van der Waals surface area contributed by atoms with E-state index in [-0.39, 0.29) is 24.1 Å². The molecule has 1 atom stereocenters. The molecule has 1 amide bonds. The maximum absolute atomic E-state index is 13.3. The number of aromatic nitrogens is 2. The van der Waals surface area contributed by atoms with Crippen molar-refractivity contribution in [3.8, 4) is 5.75 Å². The minimum Gasteiger partial charge on any atom is -0.484 e. The number of ketones is 1. The Balaban J connectivity index is 1.68. The lowest BCUT2D eigenvalue weighted by molar-refractivity contribution is -0.123. The number of imidazole rings is 1. The molecule has 1 N–H and O–H groups in total. The second kappa shape index (κ2) is 9.14. The van der Waals surface area contributed by atoms with E-state index in [1.165, 1.54) is 12.1 Å². The molecule has 0 aliphatic carbocycles. The van der Waals surface area contributed by atoms with Crippen molar-refractivity contribution in [2.45, 2.75) is 19.4 Å². The third-order valence-corrected chi connectivity index (χ3v) is 4.49. The first-order chi connectivity index (χ1) is 14.0. The van der Waals surface area contributed by atoms with Crippen LogP contribution in [0.4, 0.5) is 4.39 Å². The van der Waals surface area contributed by atoms with Gasteiger partial charge in [0.15, 0.2) is 12.4 Å². The zero-order valence-electron chi connectivity index (χ0n) is 16.3. The third-order valence-electron chi connectivity index (χ3n) is 4.49. The van der Waals surface area contributed by atoms with Gasteiger partial charge < -0.3 is 14.6 Å². The van der Waals surface area contributed by atoms with E-state index in [0.29, 0.717) is 29.1 Å². The lowest BCUT2D eigenvalue weighted by Gasteiger charge is -2.19. The van der Waals surface area contributed by atoms with Gasteiger partial charge in [0, 0.05) is 31.4 Å². The molecule has 3 rings (SSSR count). The van der Waals surface area contributed by atoms with Crippen LogP contribution in [0, 0.1) is 5.82 Å². The predicted molar refractivity (Wildman–Crippen MR) is 106 cm³/mol. The van der Waals surface area contributed by atoms with Crippen molar-refractivity contribution in [3.63, 3.8) is 0 Å². The molecule has 1 heterocycles. The number of benzene rings is 2. The molecule has 0 radical (unpaired) electrons. The van der Waals surface area contributed by atoms with Gasteiger partial charge in [-0.2, -0.15) is 0 Å². The van der Waals surface area contributed by atoms with Gasteiger partial charge in [-0.1, -0.05) is 19.1 Å². The first kappa shape index (κ1) is 20.3. The Labute approximate surface area is 168 Å². The molecular weight excluding hydrogens is 373 g/mol. The van der Waals surface area contributed by atoms with Crippen molar-refractivity contribution >= 4 is 11.7 Å². The third kappa shape index (κ3) is 5.07. The Morgan fingerprint density at radius 2 is 1.83 bits per heavy atom. The largest absolute Gasteiger partial charge is 0.484 e. The summed E-state index contributed by atoms with van der Waals surface area (Å²) >= 11 is 0. The summed E-state index contributed by atoms with van der Waals surface area (Å²) in [5.41, 5.74) is 1.31. The highest BCUT2D eigenvalue weighted by molar-refractivity contribution is 5.95. The van der Waals surface area contributed by atoms with Crippen LogP contribution in [0.2, 0.25) is 0 Å². The van der Waals surface area contributed by atoms with Gasteiger partial charge in [-0.05, 0) is 42.0 Å². The van der Waals surface area contributed by atoms with Crippen LogP contribution < -0.4 is 10.1 Å². The van der Waals surface area contributed by atoms with E-state index >= 15 is 0 Å². The lowest BCUT2D eigenvalue weighted by Crippen LogP contribution is -2.34. The van der Waals surface area contributed by atoms with E-state index in [2.05, 4.69) is 10.3 Å². The SMILES string of the molecule is CCC(=O)c1ccc(OCC(=O)NC(c2ccc(F)cc2)c2nccn2C)cc1. The second-order valence-electron chi connectivity index (χ2n) is 6.54. The van der Waals surface area contributed by atoms with Crippen LogP contribution in [0.1, 0.15) is 41.1 Å². The summed E-state index contributed by atoms with van der Waals surface area (Å²) in [6.45, 7) is 1.60. The summed E-state index contributed by atoms with van der Waals surface area (Å²) in [5, 5.41) is 2.88. The molecule has 0 saturated heterocycles. The van der Waals surface area contributed by atoms with Gasteiger partial charge in [0.2, 0.25) is 0 Å². The highest BCUT2D eigenvalue weighted by Crippen LogP contribution is 2.21. The van der Waals surface area contributed by atoms with E-state index in [1.54, 1.807) is 60.3 Å². The Hall–Kier alpha value is -3.48. The standard InChI is InChI=1S/C22H22FN3O3/c1-3-19(27)15-6-10-18(11-7-15)29-14-20(28)25-21(22-24-12-13-26(22)2)16-4-8-17(23)9-5-16/h4-13,21H,3,14H2,1-2H3,(H,25,28). The van der Waals surface area contributed by atoms with Gasteiger partial charge in [-0.3, -0.25) is 9.59 Å². The molecule has 0 fully saturated rings. The smallest absolute Gasteiger partial charge is 0.258 e. The van der Waals surface area contributed by atoms with Crippen LogP contribution in [-0.2, 0) is 11.8 Å². The van der Waals surface area contributed by atoms with Gasteiger partial charge in [0.1, 0.15) is 23.4 Å². The average Bonchev–Trinajstić information content (AvgIpc) is 3.16. The molecule has 29 heavy (non-hydrogen) atoms. The van der Waals surface area contributed by atoms with Crippen molar-refractivity contribution in [2.24, 2.45) is 7.05 Å². The predicted octanol–water partition coefficient (Wildman–Crippen LogP) is 3.44. The van der Waals surface area contributed by atoms with Gasteiger partial charge in [0.25, 0.3) is 5.91 Å². The molecule has 6 nitrogen and oxygen atoms in total. The quantitative estimate of drug-likeness (QED) is 0.593. The fourth-order valence-electron chi connectivity index (χ4n) is 2.90. The van der Waals surface area contributed by atoms with Crippen molar-refractivity contribution in [3.05, 3.63) is 83.7 Å². The Bertz CT molecular complexity index is 981. The number of carbonyl (C=O) groups is 2. The van der Waals surface area contributed by atoms with E-state index < -0.39 is 6.04 Å². The summed E-state index contributed by atoms with van der Waals surface area (Å²) in [6.07, 6.45) is 3.84. The first-order valence-corrected chi connectivity index (χ1v) is 9.26. The van der Waals surface area contributed by atoms with E-state index in [9.17, 15) is 14.0 Å². The van der Waals surface area contributed by atoms with Crippen LogP contribution in [0.25, 0.3) is 0 Å². The van der Waals surface area contributed by atoms with Crippen molar-refractivity contribution < 1.29 is 18.7 Å². The fourth-order valence-corrected chi connectivity index (χ4v) is 2.90. The molecule has 3 aromatic rings. The Morgan fingerprint density at radius 1 is 1.14 bits per heavy atom. The highest BCUT2D eigenvalue weighted by Gasteiger charge is 2.21. The van der Waals surface area contributed by atoms with Gasteiger partial charge in [0.05, 0.1) is 0 Å². The summed E-state index contributed by atoms with van der Waals surface area (Å²) < 4.78 is 20.6. The summed E-state index contributed by atoms with van der Waals surface area (Å²) in [4.78, 5) is 28.5. The van der Waals surface area contributed by atoms with Crippen molar-refractivity contribution in [2.75, 3.05) is 6.61 Å². The van der Waals surface area contributed by atoms with Gasteiger partial charge >= 0.3 is 0 Å². The molecule has 1 aromatic heterocycles. The van der Waals surface area contributed by atoms with E-state index in [4.69, 9.17) is 4.74 Å². The molecule has 0 aliphatic rings. The zero-order valence-corrected chi connectivity index (χ0v) is 16.3. The van der Waals surface area contributed by atoms with Crippen LogP contribution in [-0.4, -0.2) is 27.8 Å². The minimum absolute atomic E-state index is 0.0477. The number of halogens is 1.